The van der Waals surface area contributed by atoms with Crippen LogP contribution >= 0.6 is 0 Å². The lowest BCUT2D eigenvalue weighted by molar-refractivity contribution is -0.384. The van der Waals surface area contributed by atoms with Crippen LogP contribution in [0.25, 0.3) is 0 Å². The molecule has 18 heavy (non-hydrogen) atoms. The number of nitrogens with one attached hydrogen (secondary N) is 1. The molecule has 1 aromatic carbocycles. The smallest absolute Gasteiger partial charge is 0.311 e. The molecular formula is C12H10FN3O2. The highest BCUT2D eigenvalue weighted by atomic mass is 19.1. The van der Waals surface area contributed by atoms with Gasteiger partial charge in [0.15, 0.2) is 0 Å². The first kappa shape index (κ1) is 12.0. The van der Waals surface area contributed by atoms with Crippen LogP contribution in [0.2, 0.25) is 0 Å². The fourth-order valence-electron chi connectivity index (χ4n) is 1.50. The molecule has 1 heterocycles. The topological polar surface area (TPSA) is 68.1 Å². The standard InChI is InChI=1S/C12H10FN3O2/c1-8-4-5-9(13)10(7-8)15-12-11(16(17)18)3-2-6-14-12/h2-7H,1H3,(H,14,15). The van der Waals surface area contributed by atoms with Crippen molar-refractivity contribution in [3.63, 3.8) is 0 Å². The van der Waals surface area contributed by atoms with Gasteiger partial charge >= 0.3 is 5.69 Å². The Labute approximate surface area is 102 Å². The first-order valence-corrected chi connectivity index (χ1v) is 5.20. The van der Waals surface area contributed by atoms with Gasteiger partial charge in [-0.2, -0.15) is 0 Å². The molecule has 2 rings (SSSR count). The molecule has 0 amide bonds. The molecule has 0 saturated heterocycles. The van der Waals surface area contributed by atoms with Crippen molar-refractivity contribution in [3.8, 4) is 0 Å². The molecule has 5 nitrogen and oxygen atoms in total. The van der Waals surface area contributed by atoms with Gasteiger partial charge in [0.1, 0.15) is 5.82 Å². The molecule has 92 valence electrons. The molecule has 0 unspecified atom stereocenters. The van der Waals surface area contributed by atoms with Crippen molar-refractivity contribution >= 4 is 17.2 Å². The van der Waals surface area contributed by atoms with Gasteiger partial charge in [0, 0.05) is 12.3 Å². The van der Waals surface area contributed by atoms with Gasteiger partial charge < -0.3 is 5.32 Å². The maximum Gasteiger partial charge on any atom is 0.311 e. The number of benzene rings is 1. The third-order valence-electron chi connectivity index (χ3n) is 2.36. The molecule has 0 saturated carbocycles. The van der Waals surface area contributed by atoms with Gasteiger partial charge in [0.25, 0.3) is 0 Å². The van der Waals surface area contributed by atoms with E-state index < -0.39 is 10.7 Å². The Kier molecular flexibility index (Phi) is 3.18. The Bertz CT molecular complexity index is 602. The van der Waals surface area contributed by atoms with Crippen LogP contribution in [-0.2, 0) is 0 Å². The summed E-state index contributed by atoms with van der Waals surface area (Å²) < 4.78 is 13.5. The van der Waals surface area contributed by atoms with E-state index in [1.807, 2.05) is 0 Å². The van der Waals surface area contributed by atoms with E-state index in [1.165, 1.54) is 24.4 Å². The second-order valence-electron chi connectivity index (χ2n) is 3.74. The summed E-state index contributed by atoms with van der Waals surface area (Å²) in [5.74, 6) is -0.465. The predicted molar refractivity (Wildman–Crippen MR) is 65.3 cm³/mol. The number of hydrogen-bond acceptors (Lipinski definition) is 4. The van der Waals surface area contributed by atoms with Crippen LogP contribution < -0.4 is 5.32 Å². The molecule has 0 fully saturated rings. The Morgan fingerprint density at radius 3 is 2.89 bits per heavy atom. The van der Waals surface area contributed by atoms with Gasteiger partial charge in [-0.25, -0.2) is 9.37 Å². The summed E-state index contributed by atoms with van der Waals surface area (Å²) >= 11 is 0. The van der Waals surface area contributed by atoms with Crippen molar-refractivity contribution in [1.82, 2.24) is 4.98 Å². The summed E-state index contributed by atoms with van der Waals surface area (Å²) in [5.41, 5.74) is 0.813. The van der Waals surface area contributed by atoms with Gasteiger partial charge in [0.2, 0.25) is 5.82 Å². The highest BCUT2D eigenvalue weighted by Crippen LogP contribution is 2.26. The molecule has 1 N–H and O–H groups in total. The van der Waals surface area contributed by atoms with Crippen molar-refractivity contribution in [2.24, 2.45) is 0 Å². The first-order chi connectivity index (χ1) is 8.58. The zero-order valence-corrected chi connectivity index (χ0v) is 9.55. The zero-order valence-electron chi connectivity index (χ0n) is 9.55. The maximum atomic E-state index is 13.5. The lowest BCUT2D eigenvalue weighted by Crippen LogP contribution is -2.01. The predicted octanol–water partition coefficient (Wildman–Crippen LogP) is 3.18. The van der Waals surface area contributed by atoms with Gasteiger partial charge in [-0.05, 0) is 30.7 Å². The number of nitro groups is 1. The zero-order chi connectivity index (χ0) is 13.1. The largest absolute Gasteiger partial charge is 0.332 e. The number of anilines is 2. The molecule has 2 aromatic rings. The fraction of sp³-hybridized carbons (Fsp3) is 0.0833. The van der Waals surface area contributed by atoms with Crippen molar-refractivity contribution in [2.45, 2.75) is 6.92 Å². The normalized spacial score (nSPS) is 10.1. The Morgan fingerprint density at radius 2 is 2.17 bits per heavy atom. The van der Waals surface area contributed by atoms with E-state index in [2.05, 4.69) is 10.3 Å². The van der Waals surface area contributed by atoms with E-state index >= 15 is 0 Å². The van der Waals surface area contributed by atoms with E-state index in [4.69, 9.17) is 0 Å². The summed E-state index contributed by atoms with van der Waals surface area (Å²) in [5, 5.41) is 13.4. The summed E-state index contributed by atoms with van der Waals surface area (Å²) in [6.45, 7) is 1.80. The molecule has 1 aromatic heterocycles. The van der Waals surface area contributed by atoms with E-state index in [1.54, 1.807) is 19.1 Å². The van der Waals surface area contributed by atoms with E-state index in [0.29, 0.717) is 0 Å². The van der Waals surface area contributed by atoms with Gasteiger partial charge in [-0.3, -0.25) is 10.1 Å². The van der Waals surface area contributed by atoms with Crippen molar-refractivity contribution in [3.05, 3.63) is 58.0 Å². The number of hydrogen-bond donors (Lipinski definition) is 1. The number of pyridine rings is 1. The molecule has 6 heteroatoms. The van der Waals surface area contributed by atoms with E-state index in [-0.39, 0.29) is 17.2 Å². The number of aromatic nitrogens is 1. The monoisotopic (exact) mass is 247 g/mol. The molecule has 0 aliphatic rings. The minimum absolute atomic E-state index is 0.0204. The lowest BCUT2D eigenvalue weighted by atomic mass is 10.2. The quantitative estimate of drug-likeness (QED) is 0.668. The first-order valence-electron chi connectivity index (χ1n) is 5.20. The number of halogens is 1. The number of aryl methyl sites for hydroxylation is 1. The Morgan fingerprint density at radius 1 is 1.39 bits per heavy atom. The maximum absolute atomic E-state index is 13.5. The van der Waals surface area contributed by atoms with Gasteiger partial charge in [0.05, 0.1) is 10.6 Å². The highest BCUT2D eigenvalue weighted by Gasteiger charge is 2.15. The second-order valence-corrected chi connectivity index (χ2v) is 3.74. The van der Waals surface area contributed by atoms with Crippen LogP contribution in [0.1, 0.15) is 5.56 Å². The highest BCUT2D eigenvalue weighted by molar-refractivity contribution is 5.65. The summed E-state index contributed by atoms with van der Waals surface area (Å²) in [4.78, 5) is 14.1. The lowest BCUT2D eigenvalue weighted by Gasteiger charge is -2.07. The molecule has 0 aliphatic carbocycles. The average Bonchev–Trinajstić information content (AvgIpc) is 2.34. The van der Waals surface area contributed by atoms with Gasteiger partial charge in [-0.15, -0.1) is 0 Å². The fourth-order valence-corrected chi connectivity index (χ4v) is 1.50. The van der Waals surface area contributed by atoms with Crippen LogP contribution in [0.15, 0.2) is 36.5 Å². The Balaban J connectivity index is 2.40. The van der Waals surface area contributed by atoms with Crippen molar-refractivity contribution in [1.29, 1.82) is 0 Å². The van der Waals surface area contributed by atoms with Crippen LogP contribution in [0.4, 0.5) is 21.6 Å². The van der Waals surface area contributed by atoms with Crippen LogP contribution in [0.5, 0.6) is 0 Å². The second kappa shape index (κ2) is 4.79. The average molecular weight is 247 g/mol. The molecule has 0 spiro atoms. The van der Waals surface area contributed by atoms with Crippen LogP contribution in [0.3, 0.4) is 0 Å². The van der Waals surface area contributed by atoms with Crippen LogP contribution in [0, 0.1) is 22.9 Å². The third kappa shape index (κ3) is 2.42. The summed E-state index contributed by atoms with van der Waals surface area (Å²) in [6.07, 6.45) is 1.41. The summed E-state index contributed by atoms with van der Waals surface area (Å²) in [6, 6.07) is 7.24. The molecule has 0 atom stereocenters. The van der Waals surface area contributed by atoms with Crippen molar-refractivity contribution in [2.75, 3.05) is 5.32 Å². The van der Waals surface area contributed by atoms with Gasteiger partial charge in [-0.1, -0.05) is 6.07 Å². The van der Waals surface area contributed by atoms with Crippen LogP contribution in [-0.4, -0.2) is 9.91 Å². The van der Waals surface area contributed by atoms with Crippen molar-refractivity contribution < 1.29 is 9.31 Å². The molecule has 0 bridgehead atoms. The number of nitrogens with zero attached hydrogens (tertiary/aromatic N) is 2. The molecular weight excluding hydrogens is 237 g/mol. The molecule has 0 radical (unpaired) electrons. The minimum atomic E-state index is -0.566. The number of rotatable bonds is 3. The minimum Gasteiger partial charge on any atom is -0.332 e. The summed E-state index contributed by atoms with van der Waals surface area (Å²) in [7, 11) is 0. The SMILES string of the molecule is Cc1ccc(F)c(Nc2ncccc2[N+](=O)[O-])c1. The third-order valence-corrected chi connectivity index (χ3v) is 2.36. The van der Waals surface area contributed by atoms with E-state index in [9.17, 15) is 14.5 Å². The van der Waals surface area contributed by atoms with E-state index in [0.717, 1.165) is 5.56 Å². The molecule has 0 aliphatic heterocycles. The Hall–Kier alpha value is -2.50.